The van der Waals surface area contributed by atoms with Gasteiger partial charge in [0.1, 0.15) is 12.1 Å². The third-order valence-electron chi connectivity index (χ3n) is 7.66. The maximum atomic E-state index is 11.9. The molecule has 0 amide bonds. The molecule has 2 heterocycles. The van der Waals surface area contributed by atoms with Crippen LogP contribution < -0.4 is 16.3 Å². The summed E-state index contributed by atoms with van der Waals surface area (Å²) >= 11 is 0. The van der Waals surface area contributed by atoms with Gasteiger partial charge in [0.15, 0.2) is 6.23 Å². The number of hydrogen-bond acceptors (Lipinski definition) is 10. The molecule has 0 bridgehead atoms. The average molecular weight is 723 g/mol. The summed E-state index contributed by atoms with van der Waals surface area (Å²) in [6.45, 7) is 31.4. The van der Waals surface area contributed by atoms with E-state index in [1.807, 2.05) is 0 Å². The molecule has 1 aliphatic rings. The van der Waals surface area contributed by atoms with Gasteiger partial charge in [-0.2, -0.15) is 0 Å². The zero-order valence-corrected chi connectivity index (χ0v) is 32.1. The first-order chi connectivity index (χ1) is 23.0. The fourth-order valence-corrected chi connectivity index (χ4v) is 5.32. The van der Waals surface area contributed by atoms with E-state index in [1.54, 1.807) is 5.09 Å². The smallest absolute Gasteiger partial charge is 0.403 e. The Morgan fingerprint density at radius 3 is 1.65 bits per heavy atom. The summed E-state index contributed by atoms with van der Waals surface area (Å²) < 4.78 is 23.3. The lowest BCUT2D eigenvalue weighted by molar-refractivity contribution is -0.145. The van der Waals surface area contributed by atoms with Gasteiger partial charge in [0, 0.05) is 11.8 Å². The minimum Gasteiger partial charge on any atom is -0.481 e. The first kappa shape index (κ1) is 48.4. The molecular weight excluding hydrogens is 659 g/mol. The van der Waals surface area contributed by atoms with Gasteiger partial charge >= 0.3 is 25.4 Å². The highest BCUT2D eigenvalue weighted by Gasteiger charge is 2.32. The van der Waals surface area contributed by atoms with Crippen molar-refractivity contribution >= 4 is 19.7 Å². The van der Waals surface area contributed by atoms with Gasteiger partial charge in [-0.1, -0.05) is 68.4 Å². The van der Waals surface area contributed by atoms with Crippen LogP contribution in [0.4, 0.5) is 0 Å². The number of aromatic amines is 1. The lowest BCUT2D eigenvalue weighted by Gasteiger charge is -2.20. The van der Waals surface area contributed by atoms with E-state index in [-0.39, 0.29) is 5.56 Å². The van der Waals surface area contributed by atoms with Crippen LogP contribution in [0.2, 0.25) is 0 Å². The fourth-order valence-electron chi connectivity index (χ4n) is 4.30. The number of ether oxygens (including phenoxy) is 1. The number of aliphatic carboxylic acids is 2. The number of carboxylic acids is 2. The summed E-state index contributed by atoms with van der Waals surface area (Å²) in [5.41, 5.74) is -0.970. The molecule has 5 N–H and O–H groups in total. The van der Waals surface area contributed by atoms with Crippen LogP contribution in [0.5, 0.6) is 0 Å². The van der Waals surface area contributed by atoms with E-state index in [1.165, 1.54) is 84.2 Å². The number of aromatic nitrogens is 2. The van der Waals surface area contributed by atoms with E-state index in [0.29, 0.717) is 0 Å². The summed E-state index contributed by atoms with van der Waals surface area (Å²) in [7, 11) is -4.65. The number of aryl methyl sites for hydroxylation is 1. The molecule has 0 aliphatic carbocycles. The van der Waals surface area contributed by atoms with Crippen LogP contribution in [0.3, 0.4) is 0 Å². The van der Waals surface area contributed by atoms with Gasteiger partial charge in [-0.25, -0.2) is 14.4 Å². The summed E-state index contributed by atoms with van der Waals surface area (Å²) in [5.74, 6) is -3.11. The van der Waals surface area contributed by atoms with E-state index in [9.17, 15) is 28.6 Å². The summed E-state index contributed by atoms with van der Waals surface area (Å²) in [6, 6.07) is -1.83. The van der Waals surface area contributed by atoms with Crippen LogP contribution in [0.15, 0.2) is 27.9 Å². The Bertz CT molecular complexity index is 1200. The predicted octanol–water partition coefficient (Wildman–Crippen LogP) is 2.98. The minimum absolute atomic E-state index is 0.276. The van der Waals surface area contributed by atoms with Crippen molar-refractivity contribution < 1.29 is 38.5 Å². The quantitative estimate of drug-likeness (QED) is 0.109. The first-order valence-corrected chi connectivity index (χ1v) is 18.6. The van der Waals surface area contributed by atoms with E-state index in [0.717, 1.165) is 4.57 Å². The zero-order valence-electron chi connectivity index (χ0n) is 31.2. The molecule has 1 aromatic rings. The molecule has 0 radical (unpaired) electrons. The van der Waals surface area contributed by atoms with Gasteiger partial charge in [-0.15, -0.1) is 0 Å². The number of nitrogens with one attached hydrogen (secondary N) is 2. The van der Waals surface area contributed by atoms with Crippen molar-refractivity contribution in [3.8, 4) is 0 Å². The van der Waals surface area contributed by atoms with Gasteiger partial charge < -0.3 is 34.5 Å². The standard InChI is InChI=1S/C14H18N3O10P.3C6H15N/c1-7-5-17(14(23)15-12(7)20)10-3-2-8(27-10)6-26-28(24,25)16-9(13(21)22)4-11(18)19;3*1-4-7(5-2)6-3/h2-3,5,8-10H,4,6H2,1H3,(H,18,19)(H,21,22)(H,15,20,23)(H2,16,24,25);3*4-6H2,1-3H3/t8-,9-,10+;;;/m0.../s1. The Balaban J connectivity index is 0. The number of hydrogen-bond donors (Lipinski definition) is 5. The Hall–Kier alpha value is -2.69. The van der Waals surface area contributed by atoms with Gasteiger partial charge in [0.05, 0.1) is 13.0 Å². The molecule has 17 heteroatoms. The second kappa shape index (κ2) is 27.1. The second-order valence-electron chi connectivity index (χ2n) is 10.7. The first-order valence-electron chi connectivity index (χ1n) is 17.0. The molecule has 1 unspecified atom stereocenters. The van der Waals surface area contributed by atoms with Crippen molar-refractivity contribution in [2.45, 2.75) is 94.0 Å². The third kappa shape index (κ3) is 21.2. The fraction of sp³-hybridized carbons (Fsp3) is 0.750. The molecule has 49 heavy (non-hydrogen) atoms. The predicted molar refractivity (Wildman–Crippen MR) is 192 cm³/mol. The van der Waals surface area contributed by atoms with E-state index < -0.39 is 62.3 Å². The van der Waals surface area contributed by atoms with Crippen molar-refractivity contribution in [1.82, 2.24) is 29.3 Å². The highest BCUT2D eigenvalue weighted by molar-refractivity contribution is 7.50. The van der Waals surface area contributed by atoms with E-state index in [2.05, 4.69) is 82.0 Å². The SMILES string of the molecule is CCN(CC)CC.CCN(CC)CC.CCN(CC)CC.Cc1cn([C@H]2C=C[C@@H](COP(=O)(O)N[C@@H](CC(=O)O)C(=O)O)O2)c(=O)[nH]c1=O. The number of carbonyl (C=O) groups is 2. The molecule has 2 rings (SSSR count). The molecule has 1 aromatic heterocycles. The molecule has 286 valence electrons. The van der Waals surface area contributed by atoms with Gasteiger partial charge in [-0.05, 0) is 71.9 Å². The van der Waals surface area contributed by atoms with Crippen LogP contribution in [0.1, 0.15) is 80.5 Å². The number of rotatable bonds is 18. The number of H-pyrrole nitrogens is 1. The van der Waals surface area contributed by atoms with E-state index >= 15 is 0 Å². The highest BCUT2D eigenvalue weighted by Crippen LogP contribution is 2.38. The molecule has 0 saturated carbocycles. The lowest BCUT2D eigenvalue weighted by Crippen LogP contribution is -2.37. The Labute approximate surface area is 291 Å². The maximum absolute atomic E-state index is 11.9. The summed E-state index contributed by atoms with van der Waals surface area (Å²) in [4.78, 5) is 63.7. The van der Waals surface area contributed by atoms with Crippen molar-refractivity contribution in [3.05, 3.63) is 44.8 Å². The minimum atomic E-state index is -4.65. The molecular formula is C32H63N6O10P. The summed E-state index contributed by atoms with van der Waals surface area (Å²) in [6.07, 6.45) is 1.54. The van der Waals surface area contributed by atoms with Crippen molar-refractivity contribution in [2.75, 3.05) is 65.5 Å². The van der Waals surface area contributed by atoms with Crippen LogP contribution in [0, 0.1) is 6.92 Å². The Kier molecular flexibility index (Phi) is 26.8. The monoisotopic (exact) mass is 722 g/mol. The largest absolute Gasteiger partial charge is 0.481 e. The number of carboxylic acid groups (broad SMARTS) is 2. The molecule has 1 aliphatic heterocycles. The van der Waals surface area contributed by atoms with Crippen LogP contribution in [-0.4, -0.2) is 129 Å². The molecule has 4 atom stereocenters. The molecule has 0 fully saturated rings. The zero-order chi connectivity index (χ0) is 38.2. The van der Waals surface area contributed by atoms with Crippen molar-refractivity contribution in [3.63, 3.8) is 0 Å². The van der Waals surface area contributed by atoms with Gasteiger partial charge in [-0.3, -0.25) is 28.5 Å². The molecule has 0 spiro atoms. The van der Waals surface area contributed by atoms with Crippen molar-refractivity contribution in [2.24, 2.45) is 0 Å². The topological polar surface area (TPSA) is 207 Å². The average Bonchev–Trinajstić information content (AvgIpc) is 3.54. The summed E-state index contributed by atoms with van der Waals surface area (Å²) in [5, 5.41) is 19.3. The van der Waals surface area contributed by atoms with Crippen LogP contribution in [-0.2, 0) is 23.4 Å². The van der Waals surface area contributed by atoms with Gasteiger partial charge in [0.2, 0.25) is 0 Å². The molecule has 0 saturated heterocycles. The maximum Gasteiger partial charge on any atom is 0.403 e. The Morgan fingerprint density at radius 2 is 1.31 bits per heavy atom. The third-order valence-corrected chi connectivity index (χ3v) is 8.80. The molecule has 0 aromatic carbocycles. The lowest BCUT2D eigenvalue weighted by atomic mass is 10.2. The second-order valence-corrected chi connectivity index (χ2v) is 12.3. The Morgan fingerprint density at radius 1 is 0.878 bits per heavy atom. The molecule has 16 nitrogen and oxygen atoms in total. The highest BCUT2D eigenvalue weighted by atomic mass is 31.2. The normalized spacial score (nSPS) is 16.9. The van der Waals surface area contributed by atoms with Crippen LogP contribution >= 0.6 is 7.75 Å². The van der Waals surface area contributed by atoms with E-state index in [4.69, 9.17) is 19.5 Å². The number of nitrogens with zero attached hydrogens (tertiary/aromatic N) is 4. The van der Waals surface area contributed by atoms with Gasteiger partial charge in [0.25, 0.3) is 5.56 Å². The van der Waals surface area contributed by atoms with Crippen LogP contribution in [0.25, 0.3) is 0 Å². The van der Waals surface area contributed by atoms with Crippen molar-refractivity contribution in [1.29, 1.82) is 0 Å².